The Bertz CT molecular complexity index is 83.3. The fourth-order valence-corrected chi connectivity index (χ4v) is 2.06. The summed E-state index contributed by atoms with van der Waals surface area (Å²) in [5.74, 6) is 1.92. The first-order valence-corrected chi connectivity index (χ1v) is 5.65. The molecule has 1 aliphatic heterocycles. The summed E-state index contributed by atoms with van der Waals surface area (Å²) in [6, 6.07) is 0. The zero-order valence-electron chi connectivity index (χ0n) is 7.06. The first kappa shape index (κ1) is 10.2. The predicted octanol–water partition coefficient (Wildman–Crippen LogP) is 2.34. The molecule has 1 heterocycles. The van der Waals surface area contributed by atoms with Gasteiger partial charge in [-0.05, 0) is 12.8 Å². The highest BCUT2D eigenvalue weighted by atomic mass is 32.2. The quantitative estimate of drug-likeness (QED) is 0.534. The second-order valence-electron chi connectivity index (χ2n) is 2.62. The highest BCUT2D eigenvalue weighted by molar-refractivity contribution is 7.85. The monoisotopic (exact) mass is 162 g/mol. The molecule has 1 saturated heterocycles. The molecule has 0 amide bonds. The van der Waals surface area contributed by atoms with E-state index in [4.69, 9.17) is 0 Å². The van der Waals surface area contributed by atoms with Crippen LogP contribution in [0.1, 0.15) is 39.5 Å². The van der Waals surface area contributed by atoms with Crippen molar-refractivity contribution in [2.24, 2.45) is 0 Å². The van der Waals surface area contributed by atoms with Crippen molar-refractivity contribution in [3.05, 3.63) is 0 Å². The summed E-state index contributed by atoms with van der Waals surface area (Å²) in [5.41, 5.74) is 0. The van der Waals surface area contributed by atoms with Crippen LogP contribution in [0.15, 0.2) is 0 Å². The van der Waals surface area contributed by atoms with E-state index in [9.17, 15) is 4.21 Å². The molecule has 0 aromatic rings. The lowest BCUT2D eigenvalue weighted by molar-refractivity contribution is 0.658. The van der Waals surface area contributed by atoms with Crippen LogP contribution in [-0.4, -0.2) is 15.7 Å². The Morgan fingerprint density at radius 3 is 1.70 bits per heavy atom. The maximum Gasteiger partial charge on any atom is 0.0234 e. The first-order valence-electron chi connectivity index (χ1n) is 4.16. The van der Waals surface area contributed by atoms with Crippen LogP contribution < -0.4 is 0 Å². The maximum absolute atomic E-state index is 10.6. The van der Waals surface area contributed by atoms with Crippen LogP contribution in [0.3, 0.4) is 0 Å². The summed E-state index contributed by atoms with van der Waals surface area (Å²) >= 11 is 0. The minimum Gasteiger partial charge on any atom is -0.260 e. The van der Waals surface area contributed by atoms with E-state index in [0.717, 1.165) is 11.5 Å². The van der Waals surface area contributed by atoms with Gasteiger partial charge < -0.3 is 0 Å². The Labute approximate surface area is 66.7 Å². The van der Waals surface area contributed by atoms with Gasteiger partial charge in [-0.3, -0.25) is 4.21 Å². The fraction of sp³-hybridized carbons (Fsp3) is 1.00. The lowest BCUT2D eigenvalue weighted by Crippen LogP contribution is -2.08. The lowest BCUT2D eigenvalue weighted by atomic mass is 10.3. The van der Waals surface area contributed by atoms with Crippen LogP contribution in [0.2, 0.25) is 0 Å². The van der Waals surface area contributed by atoms with Gasteiger partial charge in [0.05, 0.1) is 0 Å². The molecule has 0 unspecified atom stereocenters. The molecule has 0 saturated carbocycles. The van der Waals surface area contributed by atoms with Crippen LogP contribution in [-0.2, 0) is 10.8 Å². The molecule has 0 aromatic carbocycles. The molecule has 0 N–H and O–H groups in total. The molecule has 0 spiro atoms. The molecule has 1 fully saturated rings. The third kappa shape index (κ3) is 6.27. The summed E-state index contributed by atoms with van der Waals surface area (Å²) in [7, 11) is -0.440. The minimum atomic E-state index is -0.440. The Morgan fingerprint density at radius 1 is 1.10 bits per heavy atom. The van der Waals surface area contributed by atoms with E-state index in [2.05, 4.69) is 13.8 Å². The van der Waals surface area contributed by atoms with Gasteiger partial charge in [0.2, 0.25) is 0 Å². The van der Waals surface area contributed by atoms with E-state index in [1.54, 1.807) is 0 Å². The molecule has 0 aromatic heterocycles. The van der Waals surface area contributed by atoms with Gasteiger partial charge in [-0.25, -0.2) is 0 Å². The van der Waals surface area contributed by atoms with E-state index in [1.165, 1.54) is 25.7 Å². The van der Waals surface area contributed by atoms with Crippen molar-refractivity contribution in [1.82, 2.24) is 0 Å². The molecule has 0 aliphatic carbocycles. The van der Waals surface area contributed by atoms with Gasteiger partial charge >= 0.3 is 0 Å². The van der Waals surface area contributed by atoms with Crippen molar-refractivity contribution in [3.8, 4) is 0 Å². The largest absolute Gasteiger partial charge is 0.260 e. The van der Waals surface area contributed by atoms with Crippen molar-refractivity contribution >= 4 is 10.8 Å². The van der Waals surface area contributed by atoms with Gasteiger partial charge in [-0.2, -0.15) is 0 Å². The Kier molecular flexibility index (Phi) is 7.37. The molecule has 0 atom stereocenters. The van der Waals surface area contributed by atoms with Crippen LogP contribution in [0, 0.1) is 0 Å². The number of hydrogen-bond donors (Lipinski definition) is 0. The highest BCUT2D eigenvalue weighted by Gasteiger charge is 2.04. The topological polar surface area (TPSA) is 17.1 Å². The molecule has 0 radical (unpaired) electrons. The maximum atomic E-state index is 10.6. The summed E-state index contributed by atoms with van der Waals surface area (Å²) < 4.78 is 10.6. The molecule has 0 bridgehead atoms. The summed E-state index contributed by atoms with van der Waals surface area (Å²) in [6.45, 7) is 4.25. The summed E-state index contributed by atoms with van der Waals surface area (Å²) in [4.78, 5) is 0. The SMILES string of the molecule is CCC.O=S1CCCCC1. The second-order valence-corrected chi connectivity index (χ2v) is 4.31. The predicted molar refractivity (Wildman–Crippen MR) is 47.7 cm³/mol. The van der Waals surface area contributed by atoms with E-state index in [1.807, 2.05) is 0 Å². The van der Waals surface area contributed by atoms with Gasteiger partial charge in [-0.1, -0.05) is 26.7 Å². The van der Waals surface area contributed by atoms with Crippen LogP contribution in [0.4, 0.5) is 0 Å². The molecular formula is C8H18OS. The minimum absolute atomic E-state index is 0.440. The van der Waals surface area contributed by atoms with Crippen LogP contribution >= 0.6 is 0 Å². The molecular weight excluding hydrogens is 144 g/mol. The fourth-order valence-electron chi connectivity index (χ4n) is 0.805. The van der Waals surface area contributed by atoms with E-state index >= 15 is 0 Å². The molecule has 1 aliphatic rings. The van der Waals surface area contributed by atoms with Crippen molar-refractivity contribution in [2.45, 2.75) is 39.5 Å². The molecule has 62 valence electrons. The normalized spacial score (nSPS) is 19.4. The third-order valence-corrected chi connectivity index (χ3v) is 2.73. The second kappa shape index (κ2) is 7.26. The van der Waals surface area contributed by atoms with Gasteiger partial charge in [-0.15, -0.1) is 0 Å². The van der Waals surface area contributed by atoms with Crippen molar-refractivity contribution in [1.29, 1.82) is 0 Å². The highest BCUT2D eigenvalue weighted by Crippen LogP contribution is 2.05. The zero-order chi connectivity index (χ0) is 7.82. The van der Waals surface area contributed by atoms with Crippen molar-refractivity contribution < 1.29 is 4.21 Å². The number of hydrogen-bond acceptors (Lipinski definition) is 1. The van der Waals surface area contributed by atoms with Gasteiger partial charge in [0.25, 0.3) is 0 Å². The van der Waals surface area contributed by atoms with E-state index < -0.39 is 10.8 Å². The van der Waals surface area contributed by atoms with Crippen LogP contribution in [0.5, 0.6) is 0 Å². The number of rotatable bonds is 0. The van der Waals surface area contributed by atoms with Crippen LogP contribution in [0.25, 0.3) is 0 Å². The van der Waals surface area contributed by atoms with Crippen molar-refractivity contribution in [2.75, 3.05) is 11.5 Å². The first-order chi connectivity index (χ1) is 4.81. The van der Waals surface area contributed by atoms with Gasteiger partial charge in [0.1, 0.15) is 0 Å². The Morgan fingerprint density at radius 2 is 1.50 bits per heavy atom. The molecule has 10 heavy (non-hydrogen) atoms. The van der Waals surface area contributed by atoms with Crippen molar-refractivity contribution in [3.63, 3.8) is 0 Å². The molecule has 1 nitrogen and oxygen atoms in total. The van der Waals surface area contributed by atoms with E-state index in [0.29, 0.717) is 0 Å². The molecule has 1 rings (SSSR count). The average molecular weight is 162 g/mol. The van der Waals surface area contributed by atoms with Gasteiger partial charge in [0.15, 0.2) is 0 Å². The Hall–Kier alpha value is 0.150. The van der Waals surface area contributed by atoms with E-state index in [-0.39, 0.29) is 0 Å². The standard InChI is InChI=1S/C5H10OS.C3H8/c6-7-4-2-1-3-5-7;1-3-2/h1-5H2;3H2,1-2H3. The summed E-state index contributed by atoms with van der Waals surface area (Å²) in [5, 5.41) is 0. The molecule has 2 heteroatoms. The summed E-state index contributed by atoms with van der Waals surface area (Å²) in [6.07, 6.45) is 4.92. The zero-order valence-corrected chi connectivity index (χ0v) is 7.88. The average Bonchev–Trinajstić information content (AvgIpc) is 1.91. The third-order valence-electron chi connectivity index (χ3n) is 1.24. The lowest BCUT2D eigenvalue weighted by Gasteiger charge is -2.06. The smallest absolute Gasteiger partial charge is 0.0234 e. The van der Waals surface area contributed by atoms with Gasteiger partial charge in [0, 0.05) is 22.3 Å². The Balaban J connectivity index is 0.000000236.